The first-order chi connectivity index (χ1) is 10.9. The van der Waals surface area contributed by atoms with Crippen molar-refractivity contribution in [3.63, 3.8) is 0 Å². The fourth-order valence-corrected chi connectivity index (χ4v) is 4.38. The molecule has 1 aliphatic rings. The van der Waals surface area contributed by atoms with Crippen LogP contribution < -0.4 is 5.01 Å². The summed E-state index contributed by atoms with van der Waals surface area (Å²) in [5, 5.41) is 1.68. The third-order valence-corrected chi connectivity index (χ3v) is 5.77. The molecule has 120 valence electrons. The summed E-state index contributed by atoms with van der Waals surface area (Å²) in [6, 6.07) is 14.2. The number of hydrazine groups is 1. The summed E-state index contributed by atoms with van der Waals surface area (Å²) < 4.78 is 27.1. The van der Waals surface area contributed by atoms with Gasteiger partial charge in [0, 0.05) is 11.4 Å². The van der Waals surface area contributed by atoms with Crippen LogP contribution in [0.15, 0.2) is 59.5 Å². The van der Waals surface area contributed by atoms with Gasteiger partial charge < -0.3 is 0 Å². The molecule has 1 heterocycles. The first kappa shape index (κ1) is 16.0. The Morgan fingerprint density at radius 2 is 1.65 bits per heavy atom. The van der Waals surface area contributed by atoms with E-state index < -0.39 is 16.1 Å². The van der Waals surface area contributed by atoms with Crippen molar-refractivity contribution >= 4 is 33.2 Å². The summed E-state index contributed by atoms with van der Waals surface area (Å²) in [6.45, 7) is 1.72. The molecule has 7 heteroatoms. The number of sulfonamides is 1. The number of benzene rings is 2. The van der Waals surface area contributed by atoms with Crippen molar-refractivity contribution in [3.05, 3.63) is 59.6 Å². The van der Waals surface area contributed by atoms with E-state index in [1.807, 2.05) is 6.07 Å². The highest BCUT2D eigenvalue weighted by Gasteiger charge is 2.44. The fraction of sp³-hybridized carbons (Fsp3) is 0.188. The van der Waals surface area contributed by atoms with Gasteiger partial charge in [0.05, 0.1) is 16.6 Å². The molecule has 1 fully saturated rings. The predicted molar refractivity (Wildman–Crippen MR) is 88.5 cm³/mol. The van der Waals surface area contributed by atoms with Gasteiger partial charge in [-0.3, -0.25) is 4.79 Å². The summed E-state index contributed by atoms with van der Waals surface area (Å²) in [5.74, 6) is -0.249. The van der Waals surface area contributed by atoms with Crippen molar-refractivity contribution in [3.8, 4) is 0 Å². The van der Waals surface area contributed by atoms with E-state index in [2.05, 4.69) is 0 Å². The lowest BCUT2D eigenvalue weighted by atomic mass is 10.2. The van der Waals surface area contributed by atoms with Gasteiger partial charge in [-0.25, -0.2) is 13.4 Å². The van der Waals surface area contributed by atoms with E-state index in [4.69, 9.17) is 11.6 Å². The molecule has 3 rings (SSSR count). The number of carbonyl (C=O) groups is 1. The highest BCUT2D eigenvalue weighted by Crippen LogP contribution is 2.32. The van der Waals surface area contributed by atoms with Crippen LogP contribution in [0.4, 0.5) is 5.69 Å². The maximum atomic E-state index is 13.0. The standard InChI is InChI=1S/C16H15ClN2O3S/c1-12-11-16(20)18(14-5-3-2-4-6-14)19(12)23(21,22)15-9-7-13(17)8-10-15/h2-10,12H,11H2,1H3. The van der Waals surface area contributed by atoms with Crippen molar-refractivity contribution in [2.75, 3.05) is 5.01 Å². The summed E-state index contributed by atoms with van der Waals surface area (Å²) in [7, 11) is -3.86. The minimum Gasteiger partial charge on any atom is -0.273 e. The Kier molecular flexibility index (Phi) is 4.14. The van der Waals surface area contributed by atoms with Gasteiger partial charge in [0.2, 0.25) is 5.91 Å². The summed E-state index contributed by atoms with van der Waals surface area (Å²) in [5.41, 5.74) is 0.527. The zero-order valence-corrected chi connectivity index (χ0v) is 14.0. The number of anilines is 1. The highest BCUT2D eigenvalue weighted by molar-refractivity contribution is 7.89. The van der Waals surface area contributed by atoms with Gasteiger partial charge >= 0.3 is 0 Å². The zero-order valence-electron chi connectivity index (χ0n) is 12.4. The molecular formula is C16H15ClN2O3S. The van der Waals surface area contributed by atoms with Crippen LogP contribution in [0.2, 0.25) is 5.02 Å². The topological polar surface area (TPSA) is 57.7 Å². The molecule has 0 radical (unpaired) electrons. The lowest BCUT2D eigenvalue weighted by Gasteiger charge is -2.29. The summed E-state index contributed by atoms with van der Waals surface area (Å²) >= 11 is 5.82. The molecule has 0 bridgehead atoms. The average molecular weight is 351 g/mol. The molecule has 0 aromatic heterocycles. The molecule has 2 aromatic rings. The van der Waals surface area contributed by atoms with E-state index in [1.54, 1.807) is 31.2 Å². The fourth-order valence-electron chi connectivity index (χ4n) is 2.61. The van der Waals surface area contributed by atoms with Crippen molar-refractivity contribution in [1.29, 1.82) is 0 Å². The monoisotopic (exact) mass is 350 g/mol. The van der Waals surface area contributed by atoms with Crippen LogP contribution in [-0.2, 0) is 14.8 Å². The van der Waals surface area contributed by atoms with Crippen LogP contribution in [0.25, 0.3) is 0 Å². The summed E-state index contributed by atoms with van der Waals surface area (Å²) in [4.78, 5) is 12.4. The van der Waals surface area contributed by atoms with Crippen LogP contribution in [0.5, 0.6) is 0 Å². The van der Waals surface area contributed by atoms with Crippen LogP contribution >= 0.6 is 11.6 Å². The van der Waals surface area contributed by atoms with Crippen LogP contribution in [0.1, 0.15) is 13.3 Å². The Labute approximate surface area is 140 Å². The van der Waals surface area contributed by atoms with Crippen molar-refractivity contribution in [1.82, 2.24) is 4.41 Å². The molecule has 0 N–H and O–H groups in total. The van der Waals surface area contributed by atoms with E-state index in [0.29, 0.717) is 10.7 Å². The Hall–Kier alpha value is -1.89. The van der Waals surface area contributed by atoms with Gasteiger partial charge in [0.1, 0.15) is 0 Å². The SMILES string of the molecule is CC1CC(=O)N(c2ccccc2)N1S(=O)(=O)c1ccc(Cl)cc1. The largest absolute Gasteiger partial charge is 0.273 e. The number of amides is 1. The van der Waals surface area contributed by atoms with E-state index in [0.717, 1.165) is 4.41 Å². The zero-order chi connectivity index (χ0) is 16.6. The van der Waals surface area contributed by atoms with Crippen molar-refractivity contribution in [2.24, 2.45) is 0 Å². The average Bonchev–Trinajstić information content (AvgIpc) is 2.83. The third kappa shape index (κ3) is 2.85. The second kappa shape index (κ2) is 5.96. The molecule has 1 unspecified atom stereocenters. The minimum atomic E-state index is -3.86. The van der Waals surface area contributed by atoms with Crippen LogP contribution in [-0.4, -0.2) is 24.8 Å². The Morgan fingerprint density at radius 3 is 2.26 bits per heavy atom. The molecule has 2 aromatic carbocycles. The van der Waals surface area contributed by atoms with E-state index >= 15 is 0 Å². The summed E-state index contributed by atoms with van der Waals surface area (Å²) in [6.07, 6.45) is 0.141. The van der Waals surface area contributed by atoms with Crippen molar-refractivity contribution < 1.29 is 13.2 Å². The van der Waals surface area contributed by atoms with Crippen molar-refractivity contribution in [2.45, 2.75) is 24.3 Å². The van der Waals surface area contributed by atoms with E-state index in [9.17, 15) is 13.2 Å². The Morgan fingerprint density at radius 1 is 1.04 bits per heavy atom. The molecule has 1 saturated heterocycles. The number of halogens is 1. The first-order valence-electron chi connectivity index (χ1n) is 7.09. The number of rotatable bonds is 3. The predicted octanol–water partition coefficient (Wildman–Crippen LogP) is 3.07. The number of hydrogen-bond donors (Lipinski definition) is 0. The first-order valence-corrected chi connectivity index (χ1v) is 8.91. The highest BCUT2D eigenvalue weighted by atomic mass is 35.5. The molecule has 1 atom stereocenters. The van der Waals surface area contributed by atoms with Gasteiger partial charge in [-0.1, -0.05) is 34.2 Å². The second-order valence-corrected chi connectivity index (χ2v) is 7.56. The molecule has 1 amide bonds. The van der Waals surface area contributed by atoms with Gasteiger partial charge in [-0.05, 0) is 43.3 Å². The normalized spacial score (nSPS) is 19.3. The molecule has 1 aliphatic heterocycles. The number of hydrogen-bond acceptors (Lipinski definition) is 3. The minimum absolute atomic E-state index is 0.101. The van der Waals surface area contributed by atoms with Gasteiger partial charge in [0.25, 0.3) is 10.0 Å². The Bertz CT molecular complexity index is 822. The van der Waals surface area contributed by atoms with Crippen LogP contribution in [0.3, 0.4) is 0 Å². The van der Waals surface area contributed by atoms with E-state index in [1.165, 1.54) is 29.3 Å². The number of nitrogens with zero attached hydrogens (tertiary/aromatic N) is 2. The molecule has 0 aliphatic carbocycles. The molecule has 5 nitrogen and oxygen atoms in total. The Balaban J connectivity index is 2.08. The van der Waals surface area contributed by atoms with Gasteiger partial charge in [-0.2, -0.15) is 0 Å². The number of carbonyl (C=O) groups excluding carboxylic acids is 1. The smallest absolute Gasteiger partial charge is 0.260 e. The molecule has 23 heavy (non-hydrogen) atoms. The maximum Gasteiger partial charge on any atom is 0.260 e. The lowest BCUT2D eigenvalue weighted by molar-refractivity contribution is -0.117. The molecular weight excluding hydrogens is 336 g/mol. The third-order valence-electron chi connectivity index (χ3n) is 3.64. The molecule has 0 saturated carbocycles. The second-order valence-electron chi connectivity index (χ2n) is 5.33. The molecule has 0 spiro atoms. The van der Waals surface area contributed by atoms with Gasteiger partial charge in [-0.15, -0.1) is 0 Å². The maximum absolute atomic E-state index is 13.0. The quantitative estimate of drug-likeness (QED) is 0.854. The van der Waals surface area contributed by atoms with E-state index in [-0.39, 0.29) is 17.2 Å². The lowest BCUT2D eigenvalue weighted by Crippen LogP contribution is -2.46. The van der Waals surface area contributed by atoms with Gasteiger partial charge in [0.15, 0.2) is 0 Å². The van der Waals surface area contributed by atoms with Crippen LogP contribution in [0, 0.1) is 0 Å². The number of para-hydroxylation sites is 1.